The van der Waals surface area contributed by atoms with E-state index < -0.39 is 28.5 Å². The maximum absolute atomic E-state index is 14.0. The molecule has 0 spiro atoms. The molecule has 0 bridgehead atoms. The average Bonchev–Trinajstić information content (AvgIpc) is 2.94. The summed E-state index contributed by atoms with van der Waals surface area (Å²) in [5.74, 6) is -0.583. The second kappa shape index (κ2) is 14.5. The highest BCUT2D eigenvalue weighted by Gasteiger charge is 2.34. The molecule has 0 heterocycles. The summed E-state index contributed by atoms with van der Waals surface area (Å²) in [6.45, 7) is 5.91. The molecule has 214 valence electrons. The topological polar surface area (TPSA) is 86.8 Å². The van der Waals surface area contributed by atoms with Crippen LogP contribution in [0.4, 0.5) is 5.69 Å². The number of nitrogens with one attached hydrogen (secondary N) is 1. The van der Waals surface area contributed by atoms with Gasteiger partial charge in [-0.25, -0.2) is 8.42 Å². The number of carbonyl (C=O) groups excluding carboxylic acids is 2. The van der Waals surface area contributed by atoms with Crippen LogP contribution in [0.25, 0.3) is 0 Å². The lowest BCUT2D eigenvalue weighted by Crippen LogP contribution is -2.53. The Morgan fingerprint density at radius 1 is 0.925 bits per heavy atom. The molecule has 1 atom stereocenters. The maximum Gasteiger partial charge on any atom is 0.264 e. The highest BCUT2D eigenvalue weighted by Crippen LogP contribution is 2.33. The third-order valence-electron chi connectivity index (χ3n) is 6.34. The summed E-state index contributed by atoms with van der Waals surface area (Å²) in [5.41, 5.74) is 1.07. The Labute approximate surface area is 247 Å². The Balaban J connectivity index is 2.02. The van der Waals surface area contributed by atoms with Gasteiger partial charge in [-0.05, 0) is 54.7 Å². The van der Waals surface area contributed by atoms with E-state index in [1.54, 1.807) is 24.3 Å². The lowest BCUT2D eigenvalue weighted by molar-refractivity contribution is -0.139. The Morgan fingerprint density at radius 3 is 2.15 bits per heavy atom. The lowest BCUT2D eigenvalue weighted by Gasteiger charge is -2.33. The van der Waals surface area contributed by atoms with Crippen molar-refractivity contribution in [2.45, 2.75) is 44.6 Å². The van der Waals surface area contributed by atoms with Gasteiger partial charge in [0.1, 0.15) is 12.6 Å². The number of hydrogen-bond donors (Lipinski definition) is 1. The minimum Gasteiger partial charge on any atom is -0.354 e. The van der Waals surface area contributed by atoms with Gasteiger partial charge in [0.05, 0.1) is 15.6 Å². The monoisotopic (exact) mass is 603 g/mol. The number of hydrogen-bond acceptors (Lipinski definition) is 4. The van der Waals surface area contributed by atoms with Gasteiger partial charge in [0.15, 0.2) is 0 Å². The number of halogens is 2. The summed E-state index contributed by atoms with van der Waals surface area (Å²) in [5, 5.41) is 3.31. The first kappa shape index (κ1) is 31.5. The average molecular weight is 605 g/mol. The van der Waals surface area contributed by atoms with Crippen molar-refractivity contribution in [2.75, 3.05) is 23.9 Å². The first-order chi connectivity index (χ1) is 19.0. The fourth-order valence-electron chi connectivity index (χ4n) is 4.23. The van der Waals surface area contributed by atoms with Crippen LogP contribution in [0.1, 0.15) is 32.8 Å². The number of sulfonamides is 1. The molecule has 2 amide bonds. The highest BCUT2D eigenvalue weighted by atomic mass is 35.5. The van der Waals surface area contributed by atoms with Gasteiger partial charge in [0.2, 0.25) is 11.8 Å². The van der Waals surface area contributed by atoms with Crippen LogP contribution in [-0.4, -0.2) is 50.8 Å². The van der Waals surface area contributed by atoms with Crippen LogP contribution < -0.4 is 9.62 Å². The van der Waals surface area contributed by atoms with Crippen molar-refractivity contribution in [1.29, 1.82) is 0 Å². The summed E-state index contributed by atoms with van der Waals surface area (Å²) in [6.07, 6.45) is 0.845. The number of nitrogens with zero attached hydrogens (tertiary/aromatic N) is 2. The molecule has 0 aliphatic rings. The molecule has 3 rings (SSSR count). The molecule has 0 unspecified atom stereocenters. The second-order valence-corrected chi connectivity index (χ2v) is 12.5. The second-order valence-electron chi connectivity index (χ2n) is 9.81. The smallest absolute Gasteiger partial charge is 0.264 e. The van der Waals surface area contributed by atoms with Gasteiger partial charge in [-0.15, -0.1) is 0 Å². The van der Waals surface area contributed by atoms with E-state index in [0.717, 1.165) is 9.87 Å². The van der Waals surface area contributed by atoms with Gasteiger partial charge in [-0.1, -0.05) is 92.5 Å². The largest absolute Gasteiger partial charge is 0.354 e. The normalized spacial score (nSPS) is 12.2. The Bertz CT molecular complexity index is 1390. The highest BCUT2D eigenvalue weighted by molar-refractivity contribution is 7.92. The zero-order valence-electron chi connectivity index (χ0n) is 22.9. The van der Waals surface area contributed by atoms with Crippen LogP contribution in [0.15, 0.2) is 83.8 Å². The Kier molecular flexibility index (Phi) is 11.4. The van der Waals surface area contributed by atoms with Crippen molar-refractivity contribution in [3.05, 3.63) is 94.5 Å². The van der Waals surface area contributed by atoms with Gasteiger partial charge in [-0.3, -0.25) is 13.9 Å². The lowest BCUT2D eigenvalue weighted by atomic mass is 10.1. The molecule has 40 heavy (non-hydrogen) atoms. The molecule has 0 fully saturated rings. The van der Waals surface area contributed by atoms with Crippen LogP contribution in [-0.2, 0) is 26.0 Å². The number of anilines is 1. The third kappa shape index (κ3) is 8.22. The van der Waals surface area contributed by atoms with Crippen molar-refractivity contribution < 1.29 is 18.0 Å². The first-order valence-electron chi connectivity index (χ1n) is 13.2. The Hall–Kier alpha value is -3.07. The van der Waals surface area contributed by atoms with Crippen molar-refractivity contribution in [3.63, 3.8) is 0 Å². The summed E-state index contributed by atoms with van der Waals surface area (Å²) in [4.78, 5) is 28.7. The van der Waals surface area contributed by atoms with Gasteiger partial charge >= 0.3 is 0 Å². The fraction of sp³-hybridized carbons (Fsp3) is 0.333. The predicted octanol–water partition coefficient (Wildman–Crippen LogP) is 5.81. The third-order valence-corrected chi connectivity index (χ3v) is 8.67. The van der Waals surface area contributed by atoms with Crippen LogP contribution >= 0.6 is 23.2 Å². The molecule has 0 radical (unpaired) electrons. The summed E-state index contributed by atoms with van der Waals surface area (Å²) in [6, 6.07) is 21.1. The number of amides is 2. The predicted molar refractivity (Wildman–Crippen MR) is 161 cm³/mol. The summed E-state index contributed by atoms with van der Waals surface area (Å²) >= 11 is 12.7. The summed E-state index contributed by atoms with van der Waals surface area (Å²) in [7, 11) is -4.22. The molecular formula is C30H35Cl2N3O4S. The standard InChI is InChI=1S/C30H35Cl2N3O4S/c1-4-27(30(37)33-20-22(2)3)34(18-17-23-11-7-5-8-12-23)29(36)21-35(28-19-24(31)15-16-26(28)32)40(38,39)25-13-9-6-10-14-25/h5-16,19,22,27H,4,17-18,20-21H2,1-3H3,(H,33,37)/t27-/m1/s1. The molecule has 7 nitrogen and oxygen atoms in total. The Morgan fingerprint density at radius 2 is 1.55 bits per heavy atom. The SMILES string of the molecule is CC[C@H](C(=O)NCC(C)C)N(CCc1ccccc1)C(=O)CN(c1cc(Cl)ccc1Cl)S(=O)(=O)c1ccccc1. The molecule has 0 aliphatic heterocycles. The van der Waals surface area contributed by atoms with Crippen LogP contribution in [0.3, 0.4) is 0 Å². The van der Waals surface area contributed by atoms with Gasteiger partial charge in [-0.2, -0.15) is 0 Å². The van der Waals surface area contributed by atoms with Crippen LogP contribution in [0.2, 0.25) is 10.0 Å². The van der Waals surface area contributed by atoms with Crippen molar-refractivity contribution in [3.8, 4) is 0 Å². The molecule has 3 aromatic rings. The van der Waals surface area contributed by atoms with E-state index in [-0.39, 0.29) is 39.0 Å². The quantitative estimate of drug-likeness (QED) is 0.267. The minimum atomic E-state index is -4.22. The molecule has 3 aromatic carbocycles. The van der Waals surface area contributed by atoms with E-state index in [1.165, 1.54) is 29.2 Å². The fourth-order valence-corrected chi connectivity index (χ4v) is 6.11. The van der Waals surface area contributed by atoms with Gasteiger partial charge < -0.3 is 10.2 Å². The number of benzene rings is 3. The molecule has 0 saturated heterocycles. The zero-order chi connectivity index (χ0) is 29.3. The van der Waals surface area contributed by atoms with E-state index in [0.29, 0.717) is 19.4 Å². The molecule has 0 aromatic heterocycles. The number of rotatable bonds is 13. The first-order valence-corrected chi connectivity index (χ1v) is 15.4. The van der Waals surface area contributed by atoms with E-state index in [2.05, 4.69) is 5.32 Å². The maximum atomic E-state index is 14.0. The van der Waals surface area contributed by atoms with Gasteiger partial charge in [0, 0.05) is 18.1 Å². The van der Waals surface area contributed by atoms with E-state index in [4.69, 9.17) is 23.2 Å². The summed E-state index contributed by atoms with van der Waals surface area (Å²) < 4.78 is 28.7. The van der Waals surface area contributed by atoms with Crippen molar-refractivity contribution >= 4 is 50.7 Å². The van der Waals surface area contributed by atoms with E-state index in [1.807, 2.05) is 51.1 Å². The minimum absolute atomic E-state index is 0.00334. The number of carbonyl (C=O) groups is 2. The van der Waals surface area contributed by atoms with Crippen LogP contribution in [0.5, 0.6) is 0 Å². The van der Waals surface area contributed by atoms with Crippen molar-refractivity contribution in [1.82, 2.24) is 10.2 Å². The molecule has 10 heteroatoms. The molecule has 0 aliphatic carbocycles. The molecule has 0 saturated carbocycles. The van der Waals surface area contributed by atoms with Crippen LogP contribution in [0, 0.1) is 5.92 Å². The van der Waals surface area contributed by atoms with E-state index >= 15 is 0 Å². The van der Waals surface area contributed by atoms with Crippen molar-refractivity contribution in [2.24, 2.45) is 5.92 Å². The van der Waals surface area contributed by atoms with Gasteiger partial charge in [0.25, 0.3) is 10.0 Å². The molecular weight excluding hydrogens is 569 g/mol. The molecule has 1 N–H and O–H groups in total. The zero-order valence-corrected chi connectivity index (χ0v) is 25.2. The van der Waals surface area contributed by atoms with E-state index in [9.17, 15) is 18.0 Å².